The van der Waals surface area contributed by atoms with E-state index in [0.717, 1.165) is 35.5 Å². The van der Waals surface area contributed by atoms with E-state index in [2.05, 4.69) is 17.9 Å². The monoisotopic (exact) mass is 227 g/mol. The molecule has 0 spiro atoms. The van der Waals surface area contributed by atoms with Crippen molar-refractivity contribution in [2.45, 2.75) is 19.8 Å². The molecule has 1 aromatic carbocycles. The van der Waals surface area contributed by atoms with Gasteiger partial charge in [-0.3, -0.25) is 0 Å². The van der Waals surface area contributed by atoms with Crippen molar-refractivity contribution < 1.29 is 0 Å². The molecule has 3 rings (SSSR count). The van der Waals surface area contributed by atoms with Gasteiger partial charge in [-0.05, 0) is 49.6 Å². The molecule has 1 aliphatic rings. The highest BCUT2D eigenvalue weighted by atomic mass is 15.2. The molecule has 1 saturated heterocycles. The molecule has 2 aromatic rings. The molecule has 0 atom stereocenters. The fourth-order valence-corrected chi connectivity index (χ4v) is 2.54. The van der Waals surface area contributed by atoms with Crippen LogP contribution in [0.3, 0.4) is 0 Å². The second-order valence-corrected chi connectivity index (χ2v) is 4.78. The van der Waals surface area contributed by atoms with Gasteiger partial charge in [-0.2, -0.15) is 0 Å². The summed E-state index contributed by atoms with van der Waals surface area (Å²) in [6.45, 7) is 4.39. The fraction of sp³-hybridized carbons (Fsp3) is 0.357. The number of hydrogen-bond donors (Lipinski definition) is 1. The van der Waals surface area contributed by atoms with Crippen molar-refractivity contribution in [1.82, 2.24) is 4.98 Å². The zero-order valence-electron chi connectivity index (χ0n) is 10.1. The molecule has 1 aliphatic heterocycles. The Bertz CT molecular complexity index is 557. The van der Waals surface area contributed by atoms with Crippen molar-refractivity contribution in [3.8, 4) is 0 Å². The van der Waals surface area contributed by atoms with E-state index in [1.807, 2.05) is 18.2 Å². The number of hydrogen-bond acceptors (Lipinski definition) is 3. The molecule has 2 N–H and O–H groups in total. The van der Waals surface area contributed by atoms with Gasteiger partial charge in [-0.25, -0.2) is 4.98 Å². The van der Waals surface area contributed by atoms with Crippen LogP contribution in [0.5, 0.6) is 0 Å². The molecule has 0 unspecified atom stereocenters. The molecule has 0 radical (unpaired) electrons. The first-order chi connectivity index (χ1) is 8.24. The van der Waals surface area contributed by atoms with Crippen molar-refractivity contribution in [2.24, 2.45) is 0 Å². The van der Waals surface area contributed by atoms with Gasteiger partial charge in [0.15, 0.2) is 0 Å². The number of pyridine rings is 1. The molecular formula is C14H17N3. The summed E-state index contributed by atoms with van der Waals surface area (Å²) >= 11 is 0. The van der Waals surface area contributed by atoms with E-state index in [1.54, 1.807) is 0 Å². The van der Waals surface area contributed by atoms with Crippen LogP contribution < -0.4 is 10.6 Å². The highest BCUT2D eigenvalue weighted by molar-refractivity contribution is 5.84. The second-order valence-electron chi connectivity index (χ2n) is 4.78. The summed E-state index contributed by atoms with van der Waals surface area (Å²) in [5.74, 6) is 1.14. The topological polar surface area (TPSA) is 42.1 Å². The Morgan fingerprint density at radius 3 is 2.71 bits per heavy atom. The number of rotatable bonds is 1. The Labute approximate surface area is 101 Å². The van der Waals surface area contributed by atoms with Gasteiger partial charge in [-0.1, -0.05) is 0 Å². The Morgan fingerprint density at radius 1 is 1.18 bits per heavy atom. The van der Waals surface area contributed by atoms with Crippen LogP contribution in [0.4, 0.5) is 11.5 Å². The van der Waals surface area contributed by atoms with Crippen molar-refractivity contribution in [3.05, 3.63) is 29.8 Å². The molecule has 1 aromatic heterocycles. The molecular weight excluding hydrogens is 210 g/mol. The predicted molar refractivity (Wildman–Crippen MR) is 72.3 cm³/mol. The molecule has 88 valence electrons. The maximum atomic E-state index is 5.80. The maximum Gasteiger partial charge on any atom is 0.132 e. The summed E-state index contributed by atoms with van der Waals surface area (Å²) in [5.41, 5.74) is 8.87. The van der Waals surface area contributed by atoms with E-state index < -0.39 is 0 Å². The van der Waals surface area contributed by atoms with E-state index in [-0.39, 0.29) is 0 Å². The molecule has 17 heavy (non-hydrogen) atoms. The lowest BCUT2D eigenvalue weighted by atomic mass is 10.1. The van der Waals surface area contributed by atoms with Crippen LogP contribution in [-0.2, 0) is 0 Å². The summed E-state index contributed by atoms with van der Waals surface area (Å²) in [4.78, 5) is 7.15. The first-order valence-corrected chi connectivity index (χ1v) is 6.16. The number of nitrogen functional groups attached to an aromatic ring is 1. The van der Waals surface area contributed by atoms with Gasteiger partial charge >= 0.3 is 0 Å². The summed E-state index contributed by atoms with van der Waals surface area (Å²) in [6, 6.07) is 8.09. The number of nitrogens with two attached hydrogens (primary N) is 1. The van der Waals surface area contributed by atoms with Crippen LogP contribution in [0.25, 0.3) is 10.9 Å². The van der Waals surface area contributed by atoms with Crippen LogP contribution in [-0.4, -0.2) is 18.1 Å². The summed E-state index contributed by atoms with van der Waals surface area (Å²) in [7, 11) is 0. The first-order valence-electron chi connectivity index (χ1n) is 6.16. The number of aromatic nitrogens is 1. The third kappa shape index (κ3) is 1.82. The zero-order valence-corrected chi connectivity index (χ0v) is 10.1. The van der Waals surface area contributed by atoms with Gasteiger partial charge in [0.05, 0.1) is 5.52 Å². The van der Waals surface area contributed by atoms with Gasteiger partial charge in [0.2, 0.25) is 0 Å². The summed E-state index contributed by atoms with van der Waals surface area (Å²) in [6.07, 6.45) is 2.56. The minimum Gasteiger partial charge on any atom is -0.399 e. The maximum absolute atomic E-state index is 5.80. The van der Waals surface area contributed by atoms with E-state index >= 15 is 0 Å². The highest BCUT2D eigenvalue weighted by Crippen LogP contribution is 2.26. The van der Waals surface area contributed by atoms with Gasteiger partial charge < -0.3 is 10.6 Å². The molecule has 3 heteroatoms. The number of fused-ring (bicyclic) bond motifs is 1. The van der Waals surface area contributed by atoms with Gasteiger partial charge in [0.1, 0.15) is 5.82 Å². The van der Waals surface area contributed by atoms with Crippen LogP contribution in [0.15, 0.2) is 24.3 Å². The Kier molecular flexibility index (Phi) is 2.39. The lowest BCUT2D eigenvalue weighted by molar-refractivity contribution is 0.935. The average molecular weight is 227 g/mol. The van der Waals surface area contributed by atoms with E-state index in [0.29, 0.717) is 0 Å². The normalized spacial score (nSPS) is 15.7. The minimum absolute atomic E-state index is 0.799. The SMILES string of the molecule is Cc1cc2cc(N)ccc2nc1N1CCCC1. The number of nitrogens with zero attached hydrogens (tertiary/aromatic N) is 2. The minimum atomic E-state index is 0.799. The molecule has 0 aliphatic carbocycles. The van der Waals surface area contributed by atoms with Crippen LogP contribution in [0, 0.1) is 6.92 Å². The van der Waals surface area contributed by atoms with E-state index in [4.69, 9.17) is 10.7 Å². The summed E-state index contributed by atoms with van der Waals surface area (Å²) in [5, 5.41) is 1.13. The first kappa shape index (κ1) is 10.4. The van der Waals surface area contributed by atoms with Crippen molar-refractivity contribution in [1.29, 1.82) is 0 Å². The summed E-state index contributed by atoms with van der Waals surface area (Å²) < 4.78 is 0. The predicted octanol–water partition coefficient (Wildman–Crippen LogP) is 2.73. The smallest absolute Gasteiger partial charge is 0.132 e. The zero-order chi connectivity index (χ0) is 11.8. The number of aryl methyl sites for hydroxylation is 1. The number of anilines is 2. The Balaban J connectivity index is 2.13. The molecule has 1 fully saturated rings. The average Bonchev–Trinajstić information content (AvgIpc) is 2.81. The Morgan fingerprint density at radius 2 is 1.94 bits per heavy atom. The number of benzene rings is 1. The molecule has 2 heterocycles. The standard InChI is InChI=1S/C14H17N3/c1-10-8-11-9-12(15)4-5-13(11)16-14(10)17-6-2-3-7-17/h4-5,8-9H,2-3,6-7,15H2,1H3. The van der Waals surface area contributed by atoms with Crippen molar-refractivity contribution in [3.63, 3.8) is 0 Å². The second kappa shape index (κ2) is 3.91. The molecule has 0 bridgehead atoms. The third-order valence-corrected chi connectivity index (χ3v) is 3.41. The van der Waals surface area contributed by atoms with Gasteiger partial charge in [-0.15, -0.1) is 0 Å². The van der Waals surface area contributed by atoms with E-state index in [1.165, 1.54) is 18.4 Å². The lowest BCUT2D eigenvalue weighted by Crippen LogP contribution is -2.20. The van der Waals surface area contributed by atoms with Gasteiger partial charge in [0, 0.05) is 24.2 Å². The van der Waals surface area contributed by atoms with Crippen LogP contribution >= 0.6 is 0 Å². The van der Waals surface area contributed by atoms with Crippen LogP contribution in [0.1, 0.15) is 18.4 Å². The molecule has 0 saturated carbocycles. The van der Waals surface area contributed by atoms with Gasteiger partial charge in [0.25, 0.3) is 0 Å². The van der Waals surface area contributed by atoms with E-state index in [9.17, 15) is 0 Å². The quantitative estimate of drug-likeness (QED) is 0.762. The lowest BCUT2D eigenvalue weighted by Gasteiger charge is -2.19. The van der Waals surface area contributed by atoms with Crippen molar-refractivity contribution >= 4 is 22.4 Å². The van der Waals surface area contributed by atoms with Crippen molar-refractivity contribution in [2.75, 3.05) is 23.7 Å². The Hall–Kier alpha value is -1.77. The fourth-order valence-electron chi connectivity index (χ4n) is 2.54. The largest absolute Gasteiger partial charge is 0.399 e. The third-order valence-electron chi connectivity index (χ3n) is 3.41. The van der Waals surface area contributed by atoms with Crippen LogP contribution in [0.2, 0.25) is 0 Å². The molecule has 3 nitrogen and oxygen atoms in total. The highest BCUT2D eigenvalue weighted by Gasteiger charge is 2.16. The molecule has 0 amide bonds.